The van der Waals surface area contributed by atoms with Gasteiger partial charge in [-0.1, -0.05) is 0 Å². The number of pyridine rings is 1. The second kappa shape index (κ2) is 10.1. The Hall–Kier alpha value is -3.02. The van der Waals surface area contributed by atoms with E-state index in [1.165, 1.54) is 0 Å². The molecule has 0 radical (unpaired) electrons. The van der Waals surface area contributed by atoms with Crippen LogP contribution >= 0.6 is 0 Å². The first kappa shape index (κ1) is 24.1. The maximum absolute atomic E-state index is 13.4. The van der Waals surface area contributed by atoms with E-state index in [1.807, 2.05) is 0 Å². The average molecular weight is 482 g/mol. The third-order valence-electron chi connectivity index (χ3n) is 5.98. The second-order valence-electron chi connectivity index (χ2n) is 8.43. The molecule has 0 atom stereocenters. The van der Waals surface area contributed by atoms with Crippen molar-refractivity contribution in [2.45, 2.75) is 37.5 Å². The highest BCUT2D eigenvalue weighted by Crippen LogP contribution is 2.33. The largest absolute Gasteiger partial charge is 0.416 e. The van der Waals surface area contributed by atoms with Crippen LogP contribution in [-0.2, 0) is 15.7 Å². The molecule has 1 N–H and O–H groups in total. The summed E-state index contributed by atoms with van der Waals surface area (Å²) in [5.74, 6) is 0.671. The number of carbonyl (C=O) groups excluding carboxylic acids is 1. The molecule has 2 aromatic rings. The van der Waals surface area contributed by atoms with Crippen molar-refractivity contribution >= 4 is 23.5 Å². The number of halogens is 4. The summed E-state index contributed by atoms with van der Waals surface area (Å²) in [6, 6.07) is 3.49. The summed E-state index contributed by atoms with van der Waals surface area (Å²) in [5, 5.41) is 2.84. The Morgan fingerprint density at radius 1 is 1.18 bits per heavy atom. The molecule has 0 spiro atoms. The standard InChI is InChI=1S/C22H26F4N6O2/c1-34-9-5-20(33)31-7-3-14(4-8-31)17-11-19(30-21(28-17)32-12-16(23)13-32)29-18-10-15(2-6-27-18)22(24,25)26/h2,6,10-11,14,16H,3-5,7-9,12-13H2,1H3,(H,27,28,29,30). The van der Waals surface area contributed by atoms with Crippen molar-refractivity contribution < 1.29 is 27.1 Å². The Kier molecular flexibility index (Phi) is 7.15. The third-order valence-corrected chi connectivity index (χ3v) is 5.98. The molecule has 0 aliphatic carbocycles. The third kappa shape index (κ3) is 5.72. The monoisotopic (exact) mass is 482 g/mol. The van der Waals surface area contributed by atoms with E-state index in [0.29, 0.717) is 50.6 Å². The van der Waals surface area contributed by atoms with Gasteiger partial charge < -0.3 is 19.9 Å². The number of aromatic nitrogens is 3. The number of amides is 1. The number of nitrogens with zero attached hydrogens (tertiary/aromatic N) is 5. The van der Waals surface area contributed by atoms with Gasteiger partial charge in [0, 0.05) is 38.4 Å². The Balaban J connectivity index is 1.52. The van der Waals surface area contributed by atoms with Gasteiger partial charge in [0.2, 0.25) is 11.9 Å². The minimum absolute atomic E-state index is 0.00374. The molecule has 8 nitrogen and oxygen atoms in total. The molecule has 2 fully saturated rings. The first-order valence-corrected chi connectivity index (χ1v) is 11.1. The summed E-state index contributed by atoms with van der Waals surface area (Å²) < 4.78 is 57.6. The van der Waals surface area contributed by atoms with Crippen LogP contribution in [0.4, 0.5) is 35.1 Å². The predicted molar refractivity (Wildman–Crippen MR) is 117 cm³/mol. The topological polar surface area (TPSA) is 83.5 Å². The van der Waals surface area contributed by atoms with Gasteiger partial charge >= 0.3 is 6.18 Å². The number of piperidine rings is 1. The fourth-order valence-corrected chi connectivity index (χ4v) is 4.03. The van der Waals surface area contributed by atoms with Gasteiger partial charge in [-0.15, -0.1) is 0 Å². The number of anilines is 3. The summed E-state index contributed by atoms with van der Waals surface area (Å²) in [7, 11) is 1.55. The Labute approximate surface area is 194 Å². The van der Waals surface area contributed by atoms with Crippen molar-refractivity contribution in [3.8, 4) is 0 Å². The van der Waals surface area contributed by atoms with Crippen LogP contribution in [0.3, 0.4) is 0 Å². The van der Waals surface area contributed by atoms with Crippen LogP contribution in [0, 0.1) is 0 Å². The van der Waals surface area contributed by atoms with E-state index in [9.17, 15) is 22.4 Å². The number of ether oxygens (including phenoxy) is 1. The second-order valence-corrected chi connectivity index (χ2v) is 8.43. The summed E-state index contributed by atoms with van der Waals surface area (Å²) >= 11 is 0. The van der Waals surface area contributed by atoms with E-state index in [-0.39, 0.29) is 36.6 Å². The van der Waals surface area contributed by atoms with E-state index >= 15 is 0 Å². The normalized spacial score (nSPS) is 17.6. The average Bonchev–Trinajstić information content (AvgIpc) is 2.80. The number of hydrogen-bond acceptors (Lipinski definition) is 7. The molecular formula is C22H26F4N6O2. The quantitative estimate of drug-likeness (QED) is 0.605. The van der Waals surface area contributed by atoms with Crippen LogP contribution in [0.1, 0.15) is 36.4 Å². The van der Waals surface area contributed by atoms with Crippen LogP contribution in [0.5, 0.6) is 0 Å². The zero-order valence-corrected chi connectivity index (χ0v) is 18.7. The molecule has 2 aromatic heterocycles. The van der Waals surface area contributed by atoms with Crippen LogP contribution in [-0.4, -0.2) is 71.8 Å². The maximum Gasteiger partial charge on any atom is 0.416 e. The van der Waals surface area contributed by atoms with Crippen molar-refractivity contribution in [1.82, 2.24) is 19.9 Å². The van der Waals surface area contributed by atoms with Crippen molar-refractivity contribution in [2.75, 3.05) is 50.1 Å². The van der Waals surface area contributed by atoms with Crippen LogP contribution in [0.25, 0.3) is 0 Å². The molecule has 2 aliphatic heterocycles. The van der Waals surface area contributed by atoms with E-state index < -0.39 is 17.9 Å². The number of carbonyl (C=O) groups is 1. The molecule has 1 amide bonds. The van der Waals surface area contributed by atoms with Crippen LogP contribution in [0.2, 0.25) is 0 Å². The lowest BCUT2D eigenvalue weighted by Gasteiger charge is -2.35. The summed E-state index contributed by atoms with van der Waals surface area (Å²) in [4.78, 5) is 28.7. The molecule has 0 aromatic carbocycles. The molecule has 4 rings (SSSR count). The van der Waals surface area contributed by atoms with E-state index in [1.54, 1.807) is 23.0 Å². The number of hydrogen-bond donors (Lipinski definition) is 1. The summed E-state index contributed by atoms with van der Waals surface area (Å²) in [5.41, 5.74) is -0.126. The maximum atomic E-state index is 13.4. The van der Waals surface area contributed by atoms with Crippen molar-refractivity contribution in [2.24, 2.45) is 0 Å². The Morgan fingerprint density at radius 2 is 1.91 bits per heavy atom. The molecule has 2 saturated heterocycles. The smallest absolute Gasteiger partial charge is 0.384 e. The molecule has 34 heavy (non-hydrogen) atoms. The van der Waals surface area contributed by atoms with E-state index in [2.05, 4.69) is 20.3 Å². The van der Waals surface area contributed by atoms with Gasteiger partial charge in [0.1, 0.15) is 17.8 Å². The highest BCUT2D eigenvalue weighted by Gasteiger charge is 2.32. The molecule has 0 unspecified atom stereocenters. The van der Waals surface area contributed by atoms with Gasteiger partial charge in [-0.25, -0.2) is 14.4 Å². The molecule has 0 bridgehead atoms. The molecule has 4 heterocycles. The highest BCUT2D eigenvalue weighted by atomic mass is 19.4. The summed E-state index contributed by atoms with van der Waals surface area (Å²) in [6.45, 7) is 1.84. The van der Waals surface area contributed by atoms with Gasteiger partial charge in [-0.3, -0.25) is 4.79 Å². The highest BCUT2D eigenvalue weighted by molar-refractivity contribution is 5.76. The fourth-order valence-electron chi connectivity index (χ4n) is 4.03. The van der Waals surface area contributed by atoms with E-state index in [0.717, 1.165) is 18.3 Å². The lowest BCUT2D eigenvalue weighted by Crippen LogP contribution is -2.49. The molecule has 2 aliphatic rings. The number of methoxy groups -OCH3 is 1. The zero-order valence-electron chi connectivity index (χ0n) is 18.7. The SMILES string of the molecule is COCCC(=O)N1CCC(c2cc(Nc3cc(C(F)(F)F)ccn3)nc(N3CC(F)C3)n2)CC1. The lowest BCUT2D eigenvalue weighted by molar-refractivity contribution is -0.137. The van der Waals surface area contributed by atoms with Crippen molar-refractivity contribution in [3.63, 3.8) is 0 Å². The Bertz CT molecular complexity index is 1010. The van der Waals surface area contributed by atoms with Gasteiger partial charge in [0.15, 0.2) is 0 Å². The summed E-state index contributed by atoms with van der Waals surface area (Å²) in [6.07, 6.45) is -2.69. The van der Waals surface area contributed by atoms with Crippen molar-refractivity contribution in [3.05, 3.63) is 35.7 Å². The lowest BCUT2D eigenvalue weighted by atomic mass is 9.93. The minimum atomic E-state index is -4.50. The number of nitrogens with one attached hydrogen (secondary N) is 1. The first-order chi connectivity index (χ1) is 16.2. The zero-order chi connectivity index (χ0) is 24.3. The number of likely N-dealkylation sites (tertiary alicyclic amines) is 1. The number of rotatable bonds is 7. The molecule has 184 valence electrons. The molecule has 0 saturated carbocycles. The predicted octanol–water partition coefficient (Wildman–Crippen LogP) is 3.53. The first-order valence-electron chi connectivity index (χ1n) is 11.1. The fraction of sp³-hybridized carbons (Fsp3) is 0.545. The van der Waals surface area contributed by atoms with Crippen LogP contribution in [0.15, 0.2) is 24.4 Å². The van der Waals surface area contributed by atoms with Gasteiger partial charge in [0.25, 0.3) is 0 Å². The Morgan fingerprint density at radius 3 is 2.56 bits per heavy atom. The van der Waals surface area contributed by atoms with Gasteiger partial charge in [-0.05, 0) is 25.0 Å². The minimum Gasteiger partial charge on any atom is -0.384 e. The molecular weight excluding hydrogens is 456 g/mol. The number of alkyl halides is 4. The molecule has 12 heteroatoms. The van der Waals surface area contributed by atoms with E-state index in [4.69, 9.17) is 4.74 Å². The van der Waals surface area contributed by atoms with Crippen LogP contribution < -0.4 is 10.2 Å². The van der Waals surface area contributed by atoms with Crippen molar-refractivity contribution in [1.29, 1.82) is 0 Å². The van der Waals surface area contributed by atoms with Gasteiger partial charge in [-0.2, -0.15) is 18.2 Å². The van der Waals surface area contributed by atoms with Gasteiger partial charge in [0.05, 0.1) is 37.4 Å².